The first kappa shape index (κ1) is 15.3. The summed E-state index contributed by atoms with van der Waals surface area (Å²) in [6.45, 7) is 0.951. The van der Waals surface area contributed by atoms with Gasteiger partial charge in [-0.25, -0.2) is 4.98 Å². The van der Waals surface area contributed by atoms with E-state index in [1.54, 1.807) is 4.90 Å². The highest BCUT2D eigenvalue weighted by Gasteiger charge is 2.36. The SMILES string of the molecule is N#Cc1ccc(C(F)(F)F)c(N2CCC(c3ncn[nH]3)CC2)c1. The topological polar surface area (TPSA) is 68.6 Å². The van der Waals surface area contributed by atoms with Crippen molar-refractivity contribution in [2.45, 2.75) is 24.9 Å². The number of nitrogens with zero attached hydrogens (tertiary/aromatic N) is 4. The van der Waals surface area contributed by atoms with Gasteiger partial charge in [-0.1, -0.05) is 0 Å². The van der Waals surface area contributed by atoms with Gasteiger partial charge in [0, 0.05) is 19.0 Å². The molecular formula is C15H14F3N5. The lowest BCUT2D eigenvalue weighted by atomic mass is 9.95. The maximum atomic E-state index is 13.2. The standard InChI is InChI=1S/C15H14F3N5/c16-15(17,18)12-2-1-10(8-19)7-13(12)23-5-3-11(4-6-23)14-20-9-21-22-14/h1-2,7,9,11H,3-6H2,(H,20,21,22). The number of halogens is 3. The molecule has 0 atom stereocenters. The van der Waals surface area contributed by atoms with Gasteiger partial charge in [0.2, 0.25) is 0 Å². The zero-order chi connectivity index (χ0) is 16.4. The number of H-pyrrole nitrogens is 1. The van der Waals surface area contributed by atoms with Gasteiger partial charge in [-0.2, -0.15) is 23.5 Å². The van der Waals surface area contributed by atoms with Crippen LogP contribution in [0, 0.1) is 11.3 Å². The lowest BCUT2D eigenvalue weighted by molar-refractivity contribution is -0.137. The smallest absolute Gasteiger partial charge is 0.371 e. The Kier molecular flexibility index (Phi) is 3.94. The molecule has 120 valence electrons. The average Bonchev–Trinajstić information content (AvgIpc) is 3.08. The number of hydrogen-bond donors (Lipinski definition) is 1. The van der Waals surface area contributed by atoms with Crippen molar-refractivity contribution in [3.8, 4) is 6.07 Å². The Bertz CT molecular complexity index is 710. The molecule has 0 unspecified atom stereocenters. The maximum absolute atomic E-state index is 13.2. The summed E-state index contributed by atoms with van der Waals surface area (Å²) in [7, 11) is 0. The lowest BCUT2D eigenvalue weighted by Gasteiger charge is -2.34. The van der Waals surface area contributed by atoms with Gasteiger partial charge in [0.25, 0.3) is 0 Å². The van der Waals surface area contributed by atoms with E-state index in [0.717, 1.165) is 11.9 Å². The molecule has 1 N–H and O–H groups in total. The highest BCUT2D eigenvalue weighted by molar-refractivity contribution is 5.59. The van der Waals surface area contributed by atoms with E-state index >= 15 is 0 Å². The Labute approximate surface area is 130 Å². The second-order valence-electron chi connectivity index (χ2n) is 5.47. The van der Waals surface area contributed by atoms with Crippen LogP contribution in [0.5, 0.6) is 0 Å². The van der Waals surface area contributed by atoms with Gasteiger partial charge in [-0.05, 0) is 31.0 Å². The van der Waals surface area contributed by atoms with Gasteiger partial charge in [-0.3, -0.25) is 5.10 Å². The molecule has 1 saturated heterocycles. The van der Waals surface area contributed by atoms with E-state index in [4.69, 9.17) is 5.26 Å². The van der Waals surface area contributed by atoms with Gasteiger partial charge < -0.3 is 4.90 Å². The van der Waals surface area contributed by atoms with E-state index in [-0.39, 0.29) is 17.2 Å². The molecule has 2 aromatic rings. The second kappa shape index (κ2) is 5.91. The minimum atomic E-state index is -4.44. The number of anilines is 1. The van der Waals surface area contributed by atoms with Crippen LogP contribution in [0.4, 0.5) is 18.9 Å². The van der Waals surface area contributed by atoms with Gasteiger partial charge in [-0.15, -0.1) is 0 Å². The van der Waals surface area contributed by atoms with Crippen LogP contribution in [0.25, 0.3) is 0 Å². The van der Waals surface area contributed by atoms with Crippen molar-refractivity contribution in [2.75, 3.05) is 18.0 Å². The summed E-state index contributed by atoms with van der Waals surface area (Å²) in [6, 6.07) is 5.40. The van der Waals surface area contributed by atoms with E-state index in [0.29, 0.717) is 25.9 Å². The Morgan fingerprint density at radius 2 is 2.00 bits per heavy atom. The van der Waals surface area contributed by atoms with E-state index < -0.39 is 11.7 Å². The first-order chi connectivity index (χ1) is 11.0. The van der Waals surface area contributed by atoms with Crippen molar-refractivity contribution < 1.29 is 13.2 Å². The molecule has 1 aromatic carbocycles. The van der Waals surface area contributed by atoms with Crippen LogP contribution in [-0.2, 0) is 6.18 Å². The van der Waals surface area contributed by atoms with Gasteiger partial charge in [0.15, 0.2) is 0 Å². The molecule has 1 fully saturated rings. The number of benzene rings is 1. The molecular weight excluding hydrogens is 307 g/mol. The zero-order valence-corrected chi connectivity index (χ0v) is 12.1. The van der Waals surface area contributed by atoms with Crippen molar-refractivity contribution in [3.63, 3.8) is 0 Å². The Balaban J connectivity index is 1.83. The van der Waals surface area contributed by atoms with Gasteiger partial charge >= 0.3 is 6.18 Å². The fraction of sp³-hybridized carbons (Fsp3) is 0.400. The fourth-order valence-corrected chi connectivity index (χ4v) is 2.91. The van der Waals surface area contributed by atoms with Crippen LogP contribution < -0.4 is 4.90 Å². The molecule has 0 radical (unpaired) electrons. The van der Waals surface area contributed by atoms with E-state index in [2.05, 4.69) is 15.2 Å². The van der Waals surface area contributed by atoms with Crippen LogP contribution >= 0.6 is 0 Å². The van der Waals surface area contributed by atoms with E-state index in [1.807, 2.05) is 6.07 Å². The highest BCUT2D eigenvalue weighted by Crippen LogP contribution is 2.39. The van der Waals surface area contributed by atoms with Crippen LogP contribution in [-0.4, -0.2) is 28.3 Å². The first-order valence-corrected chi connectivity index (χ1v) is 7.20. The third-order valence-corrected chi connectivity index (χ3v) is 4.09. The van der Waals surface area contributed by atoms with Crippen molar-refractivity contribution in [1.29, 1.82) is 5.26 Å². The lowest BCUT2D eigenvalue weighted by Crippen LogP contribution is -2.34. The summed E-state index contributed by atoms with van der Waals surface area (Å²) < 4.78 is 39.6. The Morgan fingerprint density at radius 3 is 2.57 bits per heavy atom. The normalized spacial score (nSPS) is 16.3. The molecule has 0 bridgehead atoms. The number of rotatable bonds is 2. The van der Waals surface area contributed by atoms with E-state index in [1.165, 1.54) is 18.5 Å². The number of hydrogen-bond acceptors (Lipinski definition) is 4. The first-order valence-electron chi connectivity index (χ1n) is 7.20. The molecule has 0 amide bonds. The van der Waals surface area contributed by atoms with Crippen LogP contribution in [0.3, 0.4) is 0 Å². The van der Waals surface area contributed by atoms with Crippen molar-refractivity contribution in [2.24, 2.45) is 0 Å². The minimum absolute atomic E-state index is 0.0765. The molecule has 8 heteroatoms. The molecule has 23 heavy (non-hydrogen) atoms. The number of nitrogens with one attached hydrogen (secondary N) is 1. The van der Waals surface area contributed by atoms with Crippen LogP contribution in [0.15, 0.2) is 24.5 Å². The second-order valence-corrected chi connectivity index (χ2v) is 5.47. The summed E-state index contributed by atoms with van der Waals surface area (Å²) in [4.78, 5) is 5.80. The van der Waals surface area contributed by atoms with Crippen molar-refractivity contribution in [1.82, 2.24) is 15.2 Å². The summed E-state index contributed by atoms with van der Waals surface area (Å²) >= 11 is 0. The molecule has 1 aliphatic heterocycles. The predicted molar refractivity (Wildman–Crippen MR) is 76.7 cm³/mol. The number of aromatic nitrogens is 3. The van der Waals surface area contributed by atoms with Crippen LogP contribution in [0.1, 0.15) is 35.7 Å². The summed E-state index contributed by atoms with van der Waals surface area (Å²) in [5.41, 5.74) is -0.396. The number of aromatic amines is 1. The quantitative estimate of drug-likeness (QED) is 0.923. The number of piperidine rings is 1. The summed E-state index contributed by atoms with van der Waals surface area (Å²) in [5.74, 6) is 0.939. The molecule has 2 heterocycles. The molecule has 1 aromatic heterocycles. The van der Waals surface area contributed by atoms with Crippen molar-refractivity contribution >= 4 is 5.69 Å². The number of nitriles is 1. The predicted octanol–water partition coefficient (Wildman–Crippen LogP) is 3.08. The van der Waals surface area contributed by atoms with Gasteiger partial charge in [0.1, 0.15) is 12.2 Å². The molecule has 1 aliphatic rings. The Hall–Kier alpha value is -2.56. The number of alkyl halides is 3. The zero-order valence-electron chi connectivity index (χ0n) is 12.1. The molecule has 0 spiro atoms. The molecule has 0 aliphatic carbocycles. The van der Waals surface area contributed by atoms with E-state index in [9.17, 15) is 13.2 Å². The van der Waals surface area contributed by atoms with Gasteiger partial charge in [0.05, 0.1) is 22.9 Å². The summed E-state index contributed by atoms with van der Waals surface area (Å²) in [5, 5.41) is 15.6. The van der Waals surface area contributed by atoms with Crippen molar-refractivity contribution in [3.05, 3.63) is 41.5 Å². The average molecular weight is 321 g/mol. The maximum Gasteiger partial charge on any atom is 0.418 e. The van der Waals surface area contributed by atoms with Crippen LogP contribution in [0.2, 0.25) is 0 Å². The minimum Gasteiger partial charge on any atom is -0.371 e. The molecule has 3 rings (SSSR count). The summed E-state index contributed by atoms with van der Waals surface area (Å²) in [6.07, 6.45) is -1.64. The highest BCUT2D eigenvalue weighted by atomic mass is 19.4. The third-order valence-electron chi connectivity index (χ3n) is 4.09. The molecule has 5 nitrogen and oxygen atoms in total. The Morgan fingerprint density at radius 1 is 1.26 bits per heavy atom. The fourth-order valence-electron chi connectivity index (χ4n) is 2.91. The monoisotopic (exact) mass is 321 g/mol. The largest absolute Gasteiger partial charge is 0.418 e. The molecule has 0 saturated carbocycles. The third kappa shape index (κ3) is 3.13.